The maximum absolute atomic E-state index is 11.9. The van der Waals surface area contributed by atoms with Crippen LogP contribution in [-0.4, -0.2) is 54.1 Å². The quantitative estimate of drug-likeness (QED) is 0.661. The lowest BCUT2D eigenvalue weighted by atomic mass is 10.2. The van der Waals surface area contributed by atoms with E-state index in [9.17, 15) is 4.79 Å². The summed E-state index contributed by atoms with van der Waals surface area (Å²) < 4.78 is 9.84. The minimum atomic E-state index is -0.0238. The Morgan fingerprint density at radius 3 is 3.04 bits per heavy atom. The van der Waals surface area contributed by atoms with Gasteiger partial charge in [-0.15, -0.1) is 0 Å². The Balaban J connectivity index is 1.59. The highest BCUT2D eigenvalue weighted by Crippen LogP contribution is 2.24. The second-order valence-corrected chi connectivity index (χ2v) is 6.68. The molecule has 1 atom stereocenters. The number of rotatable bonds is 4. The molecule has 0 unspecified atom stereocenters. The van der Waals surface area contributed by atoms with Crippen LogP contribution in [0, 0.1) is 0 Å². The number of likely N-dealkylation sites (tertiary alicyclic amines) is 1. The van der Waals surface area contributed by atoms with Gasteiger partial charge in [-0.3, -0.25) is 13.9 Å². The minimum Gasteiger partial charge on any atom is -0.461 e. The van der Waals surface area contributed by atoms with Gasteiger partial charge in [0.2, 0.25) is 5.91 Å². The lowest BCUT2D eigenvalue weighted by Crippen LogP contribution is -2.31. The summed E-state index contributed by atoms with van der Waals surface area (Å²) in [6.45, 7) is 4.96. The first-order valence-electron chi connectivity index (χ1n) is 9.05. The number of amides is 1. The zero-order valence-corrected chi connectivity index (χ0v) is 15.3. The van der Waals surface area contributed by atoms with E-state index in [4.69, 9.17) is 9.72 Å². The molecule has 140 valence electrons. The van der Waals surface area contributed by atoms with Crippen molar-refractivity contribution in [1.29, 1.82) is 0 Å². The molecule has 8 heteroatoms. The van der Waals surface area contributed by atoms with Crippen molar-refractivity contribution in [2.24, 2.45) is 7.05 Å². The van der Waals surface area contributed by atoms with Crippen molar-refractivity contribution < 1.29 is 9.53 Å². The average molecular weight is 366 g/mol. The third-order valence-electron chi connectivity index (χ3n) is 4.79. The van der Waals surface area contributed by atoms with Crippen LogP contribution in [0.4, 0.5) is 0 Å². The van der Waals surface area contributed by atoms with Crippen molar-refractivity contribution in [2.75, 3.05) is 13.1 Å². The Hall–Kier alpha value is -3.16. The lowest BCUT2D eigenvalue weighted by molar-refractivity contribution is -0.126. The molecule has 3 aromatic heterocycles. The molecule has 0 aliphatic carbocycles. The number of ether oxygens (including phenoxy) is 1. The van der Waals surface area contributed by atoms with Gasteiger partial charge in [-0.2, -0.15) is 10.1 Å². The van der Waals surface area contributed by atoms with E-state index in [1.54, 1.807) is 17.1 Å². The molecule has 27 heavy (non-hydrogen) atoms. The smallest absolute Gasteiger partial charge is 0.303 e. The fourth-order valence-corrected chi connectivity index (χ4v) is 3.36. The van der Waals surface area contributed by atoms with Gasteiger partial charge in [-0.25, -0.2) is 4.98 Å². The highest BCUT2D eigenvalue weighted by molar-refractivity contribution is 5.86. The molecule has 3 aromatic rings. The minimum absolute atomic E-state index is 0.00476. The van der Waals surface area contributed by atoms with Crippen LogP contribution in [-0.2, 0) is 11.8 Å². The van der Waals surface area contributed by atoms with E-state index in [1.807, 2.05) is 34.8 Å². The SMILES string of the molecule is C=CC(=O)N1CCC[C@@H](Oc2nc(-c3cnn(C)c3)cc3nccn23)CC1. The second-order valence-electron chi connectivity index (χ2n) is 6.68. The van der Waals surface area contributed by atoms with Gasteiger partial charge in [0.25, 0.3) is 0 Å². The summed E-state index contributed by atoms with van der Waals surface area (Å²) in [7, 11) is 1.87. The van der Waals surface area contributed by atoms with Gasteiger partial charge in [0, 0.05) is 56.8 Å². The van der Waals surface area contributed by atoms with Crippen molar-refractivity contribution >= 4 is 11.6 Å². The van der Waals surface area contributed by atoms with Gasteiger partial charge in [0.1, 0.15) is 11.8 Å². The summed E-state index contributed by atoms with van der Waals surface area (Å²) in [6.07, 6.45) is 11.1. The Labute approximate surface area is 157 Å². The predicted octanol–water partition coefficient (Wildman–Crippen LogP) is 2.08. The van der Waals surface area contributed by atoms with E-state index in [2.05, 4.69) is 16.7 Å². The molecule has 0 bridgehead atoms. The van der Waals surface area contributed by atoms with Crippen LogP contribution in [0.25, 0.3) is 16.9 Å². The maximum Gasteiger partial charge on any atom is 0.303 e. The summed E-state index contributed by atoms with van der Waals surface area (Å²) in [4.78, 5) is 22.8. The van der Waals surface area contributed by atoms with E-state index < -0.39 is 0 Å². The molecule has 1 amide bonds. The number of hydrogen-bond donors (Lipinski definition) is 0. The van der Waals surface area contributed by atoms with E-state index in [-0.39, 0.29) is 12.0 Å². The van der Waals surface area contributed by atoms with Crippen molar-refractivity contribution in [3.8, 4) is 17.3 Å². The average Bonchev–Trinajstić information content (AvgIpc) is 3.26. The second kappa shape index (κ2) is 7.22. The summed E-state index contributed by atoms with van der Waals surface area (Å²) >= 11 is 0. The zero-order chi connectivity index (χ0) is 18.8. The van der Waals surface area contributed by atoms with Crippen molar-refractivity contribution in [3.63, 3.8) is 0 Å². The van der Waals surface area contributed by atoms with Gasteiger partial charge in [-0.1, -0.05) is 6.58 Å². The molecular weight excluding hydrogens is 344 g/mol. The number of carbonyl (C=O) groups excluding carboxylic acids is 1. The van der Waals surface area contributed by atoms with Gasteiger partial charge in [-0.05, 0) is 18.9 Å². The fourth-order valence-electron chi connectivity index (χ4n) is 3.36. The van der Waals surface area contributed by atoms with Crippen LogP contribution in [0.1, 0.15) is 19.3 Å². The van der Waals surface area contributed by atoms with Gasteiger partial charge in [0.05, 0.1) is 11.9 Å². The number of carbonyl (C=O) groups is 1. The van der Waals surface area contributed by atoms with Crippen molar-refractivity contribution in [3.05, 3.63) is 43.5 Å². The van der Waals surface area contributed by atoms with E-state index in [1.165, 1.54) is 6.08 Å². The van der Waals surface area contributed by atoms with Crippen LogP contribution in [0.3, 0.4) is 0 Å². The van der Waals surface area contributed by atoms with Crippen LogP contribution in [0.15, 0.2) is 43.5 Å². The van der Waals surface area contributed by atoms with Gasteiger partial charge >= 0.3 is 6.01 Å². The third kappa shape index (κ3) is 3.55. The Morgan fingerprint density at radius 1 is 1.37 bits per heavy atom. The Morgan fingerprint density at radius 2 is 2.26 bits per heavy atom. The molecule has 4 heterocycles. The maximum atomic E-state index is 11.9. The number of nitrogens with zero attached hydrogens (tertiary/aromatic N) is 6. The van der Waals surface area contributed by atoms with Gasteiger partial charge in [0.15, 0.2) is 0 Å². The molecule has 1 aliphatic rings. The molecular formula is C19H22N6O2. The first-order chi connectivity index (χ1) is 13.1. The standard InChI is InChI=1S/C19H22N6O2/c1-3-18(26)24-8-4-5-15(6-9-24)27-19-22-16(14-12-21-23(2)13-14)11-17-20-7-10-25(17)19/h3,7,10-13,15H,1,4-6,8-9H2,2H3/t15-/m1/s1. The molecule has 1 aliphatic heterocycles. The number of hydrogen-bond acceptors (Lipinski definition) is 5. The topological polar surface area (TPSA) is 77.6 Å². The highest BCUT2D eigenvalue weighted by Gasteiger charge is 2.22. The number of aromatic nitrogens is 5. The molecule has 0 saturated carbocycles. The summed E-state index contributed by atoms with van der Waals surface area (Å²) in [5.41, 5.74) is 2.46. The molecule has 1 fully saturated rings. The lowest BCUT2D eigenvalue weighted by Gasteiger charge is -2.19. The molecule has 0 N–H and O–H groups in total. The molecule has 1 saturated heterocycles. The molecule has 8 nitrogen and oxygen atoms in total. The first-order valence-corrected chi connectivity index (χ1v) is 9.05. The summed E-state index contributed by atoms with van der Waals surface area (Å²) in [5, 5.41) is 4.21. The van der Waals surface area contributed by atoms with Crippen molar-refractivity contribution in [1.82, 2.24) is 29.0 Å². The van der Waals surface area contributed by atoms with Crippen LogP contribution in [0.5, 0.6) is 6.01 Å². The third-order valence-corrected chi connectivity index (χ3v) is 4.79. The normalized spacial score (nSPS) is 17.7. The van der Waals surface area contributed by atoms with Crippen LogP contribution in [0.2, 0.25) is 0 Å². The van der Waals surface area contributed by atoms with E-state index in [0.717, 1.165) is 42.7 Å². The number of aryl methyl sites for hydroxylation is 1. The first kappa shape index (κ1) is 17.3. The monoisotopic (exact) mass is 366 g/mol. The molecule has 0 aromatic carbocycles. The molecule has 4 rings (SSSR count). The fraction of sp³-hybridized carbons (Fsp3) is 0.368. The van der Waals surface area contributed by atoms with E-state index >= 15 is 0 Å². The predicted molar refractivity (Wildman–Crippen MR) is 100 cm³/mol. The summed E-state index contributed by atoms with van der Waals surface area (Å²) in [5.74, 6) is -0.0238. The largest absolute Gasteiger partial charge is 0.461 e. The number of fused-ring (bicyclic) bond motifs is 1. The summed E-state index contributed by atoms with van der Waals surface area (Å²) in [6, 6.07) is 2.43. The molecule has 0 spiro atoms. The van der Waals surface area contributed by atoms with Gasteiger partial charge < -0.3 is 9.64 Å². The van der Waals surface area contributed by atoms with E-state index in [0.29, 0.717) is 12.6 Å². The van der Waals surface area contributed by atoms with Crippen molar-refractivity contribution in [2.45, 2.75) is 25.4 Å². The Kier molecular flexibility index (Phi) is 4.62. The van der Waals surface area contributed by atoms with Crippen LogP contribution >= 0.6 is 0 Å². The zero-order valence-electron chi connectivity index (χ0n) is 15.3. The number of imidazole rings is 1. The highest BCUT2D eigenvalue weighted by atomic mass is 16.5. The van der Waals surface area contributed by atoms with Crippen LogP contribution < -0.4 is 4.74 Å². The Bertz CT molecular complexity index is 976. The molecule has 0 radical (unpaired) electrons.